The number of nitrogens with one attached hydrogen (secondary N) is 1. The highest BCUT2D eigenvalue weighted by molar-refractivity contribution is 9.10. The van der Waals surface area contributed by atoms with Gasteiger partial charge in [0.1, 0.15) is 11.6 Å². The van der Waals surface area contributed by atoms with E-state index in [1.807, 2.05) is 24.3 Å². The normalized spacial score (nSPS) is 10.5. The number of alkyl halides is 1. The van der Waals surface area contributed by atoms with E-state index in [-0.39, 0.29) is 16.6 Å². The Morgan fingerprint density at radius 1 is 1.05 bits per heavy atom. The Balaban J connectivity index is 2.12. The van der Waals surface area contributed by atoms with Gasteiger partial charge in [-0.1, -0.05) is 12.1 Å². The number of halogens is 4. The zero-order valence-corrected chi connectivity index (χ0v) is 12.2. The summed E-state index contributed by atoms with van der Waals surface area (Å²) in [6.07, 6.45) is 0. The van der Waals surface area contributed by atoms with Gasteiger partial charge >= 0.3 is 0 Å². The van der Waals surface area contributed by atoms with Crippen molar-refractivity contribution in [3.63, 3.8) is 0 Å². The molecule has 5 heteroatoms. The number of anilines is 1. The van der Waals surface area contributed by atoms with Crippen LogP contribution in [0.4, 0.5) is 14.5 Å². The van der Waals surface area contributed by atoms with E-state index in [0.29, 0.717) is 5.88 Å². The lowest BCUT2D eigenvalue weighted by Gasteiger charge is -2.09. The van der Waals surface area contributed by atoms with Crippen LogP contribution in [0.2, 0.25) is 0 Å². The van der Waals surface area contributed by atoms with Crippen LogP contribution in [-0.2, 0) is 12.4 Å². The topological polar surface area (TPSA) is 12.0 Å². The van der Waals surface area contributed by atoms with E-state index in [1.165, 1.54) is 12.1 Å². The summed E-state index contributed by atoms with van der Waals surface area (Å²) in [6.45, 7) is 0.0807. The molecule has 0 saturated heterocycles. The van der Waals surface area contributed by atoms with Crippen molar-refractivity contribution in [3.05, 3.63) is 63.6 Å². The van der Waals surface area contributed by atoms with Crippen LogP contribution in [0.5, 0.6) is 0 Å². The van der Waals surface area contributed by atoms with Gasteiger partial charge in [-0.15, -0.1) is 11.6 Å². The molecule has 2 aromatic rings. The van der Waals surface area contributed by atoms with Gasteiger partial charge in [-0.05, 0) is 45.8 Å². The van der Waals surface area contributed by atoms with Gasteiger partial charge in [0.05, 0.1) is 4.47 Å². The average molecular weight is 347 g/mol. The summed E-state index contributed by atoms with van der Waals surface area (Å²) in [5.41, 5.74) is 1.79. The van der Waals surface area contributed by atoms with Gasteiger partial charge in [-0.2, -0.15) is 0 Å². The minimum absolute atomic E-state index is 0.01000. The molecule has 0 aliphatic carbocycles. The Hall–Kier alpha value is -1.13. The molecule has 19 heavy (non-hydrogen) atoms. The Bertz CT molecular complexity index is 572. The maximum Gasteiger partial charge on any atom is 0.145 e. The van der Waals surface area contributed by atoms with Gasteiger partial charge in [-0.25, -0.2) is 8.78 Å². The van der Waals surface area contributed by atoms with Crippen LogP contribution in [0, 0.1) is 11.6 Å². The van der Waals surface area contributed by atoms with Crippen LogP contribution in [0.3, 0.4) is 0 Å². The third-order valence-corrected chi connectivity index (χ3v) is 3.64. The van der Waals surface area contributed by atoms with Gasteiger partial charge in [0.15, 0.2) is 0 Å². The van der Waals surface area contributed by atoms with Crippen LogP contribution in [0.1, 0.15) is 11.1 Å². The average Bonchev–Trinajstić information content (AvgIpc) is 2.44. The first-order valence-electron chi connectivity index (χ1n) is 5.63. The molecule has 0 aliphatic heterocycles. The number of benzene rings is 2. The summed E-state index contributed by atoms with van der Waals surface area (Å²) in [7, 11) is 0. The fourth-order valence-corrected chi connectivity index (χ4v) is 2.18. The minimum atomic E-state index is -0.579. The Kier molecular flexibility index (Phi) is 4.77. The summed E-state index contributed by atoms with van der Waals surface area (Å²) in [6, 6.07) is 9.97. The van der Waals surface area contributed by atoms with Crippen molar-refractivity contribution >= 4 is 33.2 Å². The fourth-order valence-electron chi connectivity index (χ4n) is 1.63. The van der Waals surface area contributed by atoms with Crippen molar-refractivity contribution < 1.29 is 8.78 Å². The molecule has 0 spiro atoms. The minimum Gasteiger partial charge on any atom is -0.381 e. The maximum absolute atomic E-state index is 13.7. The van der Waals surface area contributed by atoms with Crippen molar-refractivity contribution in [2.75, 3.05) is 5.32 Å². The molecule has 2 rings (SSSR count). The molecule has 2 aromatic carbocycles. The number of rotatable bonds is 4. The standard InChI is InChI=1S/C14H11BrClF2N/c15-12-5-6-13(17)11(14(12)18)8-19-10-3-1-9(7-16)2-4-10/h1-6,19H,7-8H2. The largest absolute Gasteiger partial charge is 0.381 e. The Labute approximate surface area is 123 Å². The molecule has 0 aliphatic rings. The van der Waals surface area contributed by atoms with Crippen molar-refractivity contribution in [3.8, 4) is 0 Å². The van der Waals surface area contributed by atoms with E-state index in [2.05, 4.69) is 21.2 Å². The maximum atomic E-state index is 13.7. The van der Waals surface area contributed by atoms with E-state index >= 15 is 0 Å². The molecule has 0 fully saturated rings. The molecule has 1 nitrogen and oxygen atoms in total. The smallest absolute Gasteiger partial charge is 0.145 e. The van der Waals surface area contributed by atoms with E-state index in [1.54, 1.807) is 0 Å². The van der Waals surface area contributed by atoms with Crippen molar-refractivity contribution in [1.29, 1.82) is 0 Å². The van der Waals surface area contributed by atoms with Crippen LogP contribution < -0.4 is 5.32 Å². The van der Waals surface area contributed by atoms with Crippen LogP contribution in [-0.4, -0.2) is 0 Å². The molecule has 0 radical (unpaired) electrons. The molecule has 0 atom stereocenters. The summed E-state index contributed by atoms with van der Waals surface area (Å²) in [5.74, 6) is -0.703. The molecule has 0 unspecified atom stereocenters. The summed E-state index contributed by atoms with van der Waals surface area (Å²) >= 11 is 8.73. The quantitative estimate of drug-likeness (QED) is 0.601. The van der Waals surface area contributed by atoms with Gasteiger partial charge in [0.25, 0.3) is 0 Å². The third-order valence-electron chi connectivity index (χ3n) is 2.72. The molecule has 0 saturated carbocycles. The first-order valence-corrected chi connectivity index (χ1v) is 6.95. The number of hydrogen-bond donors (Lipinski definition) is 1. The lowest BCUT2D eigenvalue weighted by molar-refractivity contribution is 0.555. The summed E-state index contributed by atoms with van der Waals surface area (Å²) in [5, 5.41) is 2.98. The van der Waals surface area contributed by atoms with E-state index in [0.717, 1.165) is 11.3 Å². The highest BCUT2D eigenvalue weighted by atomic mass is 79.9. The van der Waals surface area contributed by atoms with E-state index in [9.17, 15) is 8.78 Å². The van der Waals surface area contributed by atoms with Crippen LogP contribution >= 0.6 is 27.5 Å². The van der Waals surface area contributed by atoms with Crippen LogP contribution in [0.15, 0.2) is 40.9 Å². The first-order chi connectivity index (χ1) is 9.11. The first kappa shape index (κ1) is 14.3. The molecular weight excluding hydrogens is 336 g/mol. The zero-order valence-electron chi connectivity index (χ0n) is 9.89. The molecule has 0 aromatic heterocycles. The molecule has 100 valence electrons. The highest BCUT2D eigenvalue weighted by Crippen LogP contribution is 2.22. The monoisotopic (exact) mass is 345 g/mol. The highest BCUT2D eigenvalue weighted by Gasteiger charge is 2.11. The van der Waals surface area contributed by atoms with Gasteiger partial charge in [-0.3, -0.25) is 0 Å². The SMILES string of the molecule is Fc1ccc(Br)c(F)c1CNc1ccc(CCl)cc1. The Morgan fingerprint density at radius 2 is 1.74 bits per heavy atom. The van der Waals surface area contributed by atoms with Gasteiger partial charge < -0.3 is 5.32 Å². The second-order valence-electron chi connectivity index (χ2n) is 4.01. The lowest BCUT2D eigenvalue weighted by Crippen LogP contribution is -2.05. The van der Waals surface area contributed by atoms with Crippen molar-refractivity contribution in [2.24, 2.45) is 0 Å². The van der Waals surface area contributed by atoms with Crippen molar-refractivity contribution in [2.45, 2.75) is 12.4 Å². The zero-order chi connectivity index (χ0) is 13.8. The molecular formula is C14H11BrClF2N. The van der Waals surface area contributed by atoms with Gasteiger partial charge in [0.2, 0.25) is 0 Å². The molecule has 0 bridgehead atoms. The van der Waals surface area contributed by atoms with Gasteiger partial charge in [0, 0.05) is 23.7 Å². The molecule has 1 N–H and O–H groups in total. The third kappa shape index (κ3) is 3.45. The summed E-state index contributed by atoms with van der Waals surface area (Å²) in [4.78, 5) is 0. The van der Waals surface area contributed by atoms with Crippen LogP contribution in [0.25, 0.3) is 0 Å². The predicted molar refractivity (Wildman–Crippen MR) is 77.4 cm³/mol. The molecule has 0 heterocycles. The predicted octanol–water partition coefficient (Wildman–Crippen LogP) is 5.08. The second-order valence-corrected chi connectivity index (χ2v) is 5.13. The fraction of sp³-hybridized carbons (Fsp3) is 0.143. The van der Waals surface area contributed by atoms with Crippen molar-refractivity contribution in [1.82, 2.24) is 0 Å². The van der Waals surface area contributed by atoms with E-state index < -0.39 is 11.6 Å². The lowest BCUT2D eigenvalue weighted by atomic mass is 10.2. The second kappa shape index (κ2) is 6.35. The summed E-state index contributed by atoms with van der Waals surface area (Å²) < 4.78 is 27.5. The van der Waals surface area contributed by atoms with E-state index in [4.69, 9.17) is 11.6 Å². The molecule has 0 amide bonds. The Morgan fingerprint density at radius 3 is 2.37 bits per heavy atom. The number of hydrogen-bond acceptors (Lipinski definition) is 1.